The Morgan fingerprint density at radius 1 is 0.930 bits per heavy atom. The molecule has 0 atom stereocenters. The summed E-state index contributed by atoms with van der Waals surface area (Å²) < 4.78 is 38.9. The third-order valence-corrected chi connectivity index (χ3v) is 8.03. The summed E-state index contributed by atoms with van der Waals surface area (Å²) in [7, 11) is -2.78. The van der Waals surface area contributed by atoms with Gasteiger partial charge in [-0.25, -0.2) is 13.8 Å². The highest BCUT2D eigenvalue weighted by Gasteiger charge is 2.29. The maximum absolute atomic E-state index is 13.5. The smallest absolute Gasteiger partial charge is 0.264 e. The number of ether oxygens (including phenoxy) is 2. The number of amides is 2. The van der Waals surface area contributed by atoms with Crippen molar-refractivity contribution in [2.75, 3.05) is 29.9 Å². The van der Waals surface area contributed by atoms with E-state index in [1.807, 2.05) is 31.2 Å². The predicted octanol–water partition coefficient (Wildman–Crippen LogP) is 5.02. The summed E-state index contributed by atoms with van der Waals surface area (Å²) in [6, 6.07) is 26.3. The van der Waals surface area contributed by atoms with Crippen LogP contribution in [0.1, 0.15) is 11.1 Å². The highest BCUT2D eigenvalue weighted by atomic mass is 35.5. The van der Waals surface area contributed by atoms with Gasteiger partial charge in [0.1, 0.15) is 18.0 Å². The molecule has 222 valence electrons. The molecule has 4 aromatic rings. The van der Waals surface area contributed by atoms with Crippen LogP contribution >= 0.6 is 11.6 Å². The Labute approximate surface area is 254 Å². The average molecular weight is 621 g/mol. The number of rotatable bonds is 12. The number of anilines is 2. The number of carbonyl (C=O) groups excluding carboxylic acids is 2. The van der Waals surface area contributed by atoms with Gasteiger partial charge >= 0.3 is 0 Å². The minimum absolute atomic E-state index is 0.0109. The molecule has 12 heteroatoms. The fourth-order valence-electron chi connectivity index (χ4n) is 3.85. The van der Waals surface area contributed by atoms with Crippen LogP contribution in [0.2, 0.25) is 5.02 Å². The zero-order valence-electron chi connectivity index (χ0n) is 23.4. The number of hydrazone groups is 1. The van der Waals surface area contributed by atoms with E-state index in [1.165, 1.54) is 37.6 Å². The number of carbonyl (C=O) groups is 2. The van der Waals surface area contributed by atoms with Gasteiger partial charge in [0.05, 0.1) is 23.9 Å². The summed E-state index contributed by atoms with van der Waals surface area (Å²) in [5.41, 5.74) is 4.85. The molecule has 0 saturated carbocycles. The molecular weight excluding hydrogens is 592 g/mol. The van der Waals surface area contributed by atoms with Crippen LogP contribution < -0.4 is 24.5 Å². The van der Waals surface area contributed by atoms with E-state index >= 15 is 0 Å². The molecule has 0 aliphatic heterocycles. The van der Waals surface area contributed by atoms with Crippen LogP contribution in [0.5, 0.6) is 11.5 Å². The van der Waals surface area contributed by atoms with Crippen LogP contribution in [0.15, 0.2) is 107 Å². The molecule has 2 amide bonds. The van der Waals surface area contributed by atoms with Gasteiger partial charge < -0.3 is 14.8 Å². The molecule has 0 aliphatic rings. The van der Waals surface area contributed by atoms with E-state index in [-0.39, 0.29) is 33.9 Å². The first-order chi connectivity index (χ1) is 20.7. The molecule has 0 aromatic heterocycles. The topological polar surface area (TPSA) is 126 Å². The van der Waals surface area contributed by atoms with Crippen LogP contribution in [0.3, 0.4) is 0 Å². The fourth-order valence-corrected chi connectivity index (χ4v) is 5.47. The summed E-state index contributed by atoms with van der Waals surface area (Å²) in [4.78, 5) is 25.0. The minimum atomic E-state index is -4.17. The molecule has 0 heterocycles. The highest BCUT2D eigenvalue weighted by Crippen LogP contribution is 2.34. The van der Waals surface area contributed by atoms with Gasteiger partial charge in [-0.05, 0) is 79.2 Å². The number of nitrogens with one attached hydrogen (secondary N) is 2. The second-order valence-electron chi connectivity index (χ2n) is 9.21. The lowest BCUT2D eigenvalue weighted by atomic mass is 10.2. The lowest BCUT2D eigenvalue weighted by molar-refractivity contribution is -0.119. The van der Waals surface area contributed by atoms with Crippen LogP contribution in [-0.2, 0) is 19.6 Å². The maximum atomic E-state index is 13.5. The van der Waals surface area contributed by atoms with Crippen molar-refractivity contribution in [1.82, 2.24) is 5.43 Å². The first kappa shape index (κ1) is 31.1. The molecule has 0 unspecified atom stereocenters. The van der Waals surface area contributed by atoms with Crippen molar-refractivity contribution in [1.29, 1.82) is 0 Å². The summed E-state index contributed by atoms with van der Waals surface area (Å²) >= 11 is 6.16. The predicted molar refractivity (Wildman–Crippen MR) is 166 cm³/mol. The van der Waals surface area contributed by atoms with Gasteiger partial charge in [-0.2, -0.15) is 5.10 Å². The number of nitrogens with zero attached hydrogens (tertiary/aromatic N) is 2. The maximum Gasteiger partial charge on any atom is 0.264 e. The number of aryl methyl sites for hydroxylation is 1. The van der Waals surface area contributed by atoms with Gasteiger partial charge in [0, 0.05) is 10.7 Å². The summed E-state index contributed by atoms with van der Waals surface area (Å²) in [5, 5.41) is 6.98. The Hall–Kier alpha value is -4.87. The minimum Gasteiger partial charge on any atom is -0.495 e. The number of hydrogen-bond acceptors (Lipinski definition) is 7. The van der Waals surface area contributed by atoms with E-state index in [9.17, 15) is 18.0 Å². The molecule has 0 aliphatic carbocycles. The van der Waals surface area contributed by atoms with Gasteiger partial charge in [-0.1, -0.05) is 47.5 Å². The second kappa shape index (κ2) is 14.3. The van der Waals surface area contributed by atoms with Crippen LogP contribution in [0.25, 0.3) is 0 Å². The van der Waals surface area contributed by atoms with Crippen LogP contribution in [0.4, 0.5) is 11.4 Å². The molecule has 2 N–H and O–H groups in total. The molecule has 43 heavy (non-hydrogen) atoms. The number of halogens is 1. The molecule has 0 bridgehead atoms. The standard InChI is InChI=1S/C31H29ClN4O6S/c1-22-8-13-25(14-9-22)34-31(38)21-42-26-15-10-23(11-16-26)19-33-35-30(37)20-36(28-18-24(32)12-17-29(28)41-2)43(39,40)27-6-4-3-5-7-27/h3-19H,20-21H2,1-2H3,(H,34,38)(H,35,37)/b33-19-. The van der Waals surface area contributed by atoms with Crippen molar-refractivity contribution in [2.24, 2.45) is 5.10 Å². The van der Waals surface area contributed by atoms with E-state index in [2.05, 4.69) is 15.8 Å². The van der Waals surface area contributed by atoms with E-state index in [0.717, 1.165) is 9.87 Å². The first-order valence-electron chi connectivity index (χ1n) is 13.0. The zero-order chi connectivity index (χ0) is 30.8. The Balaban J connectivity index is 1.38. The number of hydrogen-bond donors (Lipinski definition) is 2. The SMILES string of the molecule is COc1ccc(Cl)cc1N(CC(=O)N/N=C\c1ccc(OCC(=O)Nc2ccc(C)cc2)cc1)S(=O)(=O)c1ccccc1. The third kappa shape index (κ3) is 8.57. The van der Waals surface area contributed by atoms with Crippen molar-refractivity contribution < 1.29 is 27.5 Å². The molecule has 10 nitrogen and oxygen atoms in total. The Morgan fingerprint density at radius 2 is 1.63 bits per heavy atom. The molecule has 0 fully saturated rings. The average Bonchev–Trinajstić information content (AvgIpc) is 3.01. The normalized spacial score (nSPS) is 11.1. The van der Waals surface area contributed by atoms with Crippen molar-refractivity contribution >= 4 is 51.0 Å². The Bertz CT molecular complexity index is 1700. The van der Waals surface area contributed by atoms with Crippen LogP contribution in [-0.4, -0.2) is 46.7 Å². The van der Waals surface area contributed by atoms with Crippen molar-refractivity contribution in [3.05, 3.63) is 113 Å². The van der Waals surface area contributed by atoms with E-state index in [1.54, 1.807) is 48.5 Å². The van der Waals surface area contributed by atoms with E-state index in [4.69, 9.17) is 21.1 Å². The largest absolute Gasteiger partial charge is 0.495 e. The quantitative estimate of drug-likeness (QED) is 0.169. The summed E-state index contributed by atoms with van der Waals surface area (Å²) in [5.74, 6) is -0.305. The van der Waals surface area contributed by atoms with Gasteiger partial charge in [0.2, 0.25) is 0 Å². The van der Waals surface area contributed by atoms with Gasteiger partial charge in [0.25, 0.3) is 21.8 Å². The van der Waals surface area contributed by atoms with Crippen LogP contribution in [0, 0.1) is 6.92 Å². The molecule has 0 spiro atoms. The second-order valence-corrected chi connectivity index (χ2v) is 11.5. The lowest BCUT2D eigenvalue weighted by Crippen LogP contribution is -2.39. The van der Waals surface area contributed by atoms with E-state index in [0.29, 0.717) is 17.0 Å². The number of methoxy groups -OCH3 is 1. The first-order valence-corrected chi connectivity index (χ1v) is 14.8. The number of benzene rings is 4. The molecule has 4 aromatic carbocycles. The van der Waals surface area contributed by atoms with Crippen molar-refractivity contribution in [2.45, 2.75) is 11.8 Å². The van der Waals surface area contributed by atoms with Gasteiger partial charge in [0.15, 0.2) is 6.61 Å². The van der Waals surface area contributed by atoms with Crippen molar-refractivity contribution in [3.8, 4) is 11.5 Å². The van der Waals surface area contributed by atoms with E-state index < -0.39 is 22.5 Å². The Morgan fingerprint density at radius 3 is 2.30 bits per heavy atom. The van der Waals surface area contributed by atoms with Gasteiger partial charge in [-0.3, -0.25) is 13.9 Å². The Kier molecular flexibility index (Phi) is 10.4. The molecular formula is C31H29ClN4O6S. The fraction of sp³-hybridized carbons (Fsp3) is 0.129. The molecule has 0 radical (unpaired) electrons. The van der Waals surface area contributed by atoms with Gasteiger partial charge in [-0.15, -0.1) is 0 Å². The molecule has 4 rings (SSSR count). The summed E-state index contributed by atoms with van der Waals surface area (Å²) in [6.45, 7) is 1.20. The zero-order valence-corrected chi connectivity index (χ0v) is 24.9. The van der Waals surface area contributed by atoms with Crippen molar-refractivity contribution in [3.63, 3.8) is 0 Å². The lowest BCUT2D eigenvalue weighted by Gasteiger charge is -2.25. The molecule has 0 saturated heterocycles. The monoisotopic (exact) mass is 620 g/mol. The third-order valence-electron chi connectivity index (χ3n) is 6.02. The highest BCUT2D eigenvalue weighted by molar-refractivity contribution is 7.92. The summed E-state index contributed by atoms with van der Waals surface area (Å²) in [6.07, 6.45) is 1.39. The number of sulfonamides is 1.